The molecule has 0 atom stereocenters. The average molecular weight is 394 g/mol. The van der Waals surface area contributed by atoms with Crippen LogP contribution < -0.4 is 0 Å². The van der Waals surface area contributed by atoms with E-state index in [-0.39, 0.29) is 0 Å². The molecule has 0 spiro atoms. The molecule has 0 aromatic carbocycles. The summed E-state index contributed by atoms with van der Waals surface area (Å²) in [5.41, 5.74) is 2.91. The lowest BCUT2D eigenvalue weighted by molar-refractivity contribution is 0.385. The van der Waals surface area contributed by atoms with Crippen molar-refractivity contribution in [3.8, 4) is 11.3 Å². The first-order chi connectivity index (χ1) is 10.2. The summed E-state index contributed by atoms with van der Waals surface area (Å²) in [4.78, 5) is 8.59. The number of halogens is 1. The zero-order valence-electron chi connectivity index (χ0n) is 11.9. The molecule has 1 fully saturated rings. The fourth-order valence-electron chi connectivity index (χ4n) is 2.63. The quantitative estimate of drug-likeness (QED) is 0.627. The second-order valence-corrected chi connectivity index (χ2v) is 6.87. The SMILES string of the molecule is CC(C)n1cc(-c2noc(C3CC3)c2I)c2cncnc21. The zero-order valence-corrected chi connectivity index (χ0v) is 14.0. The first-order valence-electron chi connectivity index (χ1n) is 7.12. The minimum atomic E-state index is 0.337. The molecule has 0 aliphatic heterocycles. The molecule has 5 nitrogen and oxygen atoms in total. The van der Waals surface area contributed by atoms with E-state index in [9.17, 15) is 0 Å². The van der Waals surface area contributed by atoms with Crippen molar-refractivity contribution in [2.24, 2.45) is 0 Å². The third-order valence-electron chi connectivity index (χ3n) is 3.91. The van der Waals surface area contributed by atoms with Crippen LogP contribution in [-0.2, 0) is 0 Å². The van der Waals surface area contributed by atoms with Gasteiger partial charge in [-0.15, -0.1) is 0 Å². The van der Waals surface area contributed by atoms with E-state index in [1.165, 1.54) is 12.8 Å². The van der Waals surface area contributed by atoms with Gasteiger partial charge in [0, 0.05) is 35.3 Å². The number of hydrogen-bond acceptors (Lipinski definition) is 4. The lowest BCUT2D eigenvalue weighted by Gasteiger charge is -2.07. The third kappa shape index (κ3) is 2.07. The molecule has 6 heteroatoms. The van der Waals surface area contributed by atoms with Gasteiger partial charge in [0.2, 0.25) is 0 Å². The summed E-state index contributed by atoms with van der Waals surface area (Å²) >= 11 is 2.35. The topological polar surface area (TPSA) is 56.7 Å². The number of aromatic nitrogens is 4. The predicted octanol–water partition coefficient (Wildman–Crippen LogP) is 4.15. The van der Waals surface area contributed by atoms with Gasteiger partial charge >= 0.3 is 0 Å². The molecule has 21 heavy (non-hydrogen) atoms. The molecule has 4 rings (SSSR count). The molecular formula is C15H15IN4O. The predicted molar refractivity (Wildman–Crippen MR) is 88.1 cm³/mol. The molecule has 3 aromatic heterocycles. The van der Waals surface area contributed by atoms with Crippen LogP contribution in [0.1, 0.15) is 44.4 Å². The summed E-state index contributed by atoms with van der Waals surface area (Å²) in [5, 5.41) is 5.35. The van der Waals surface area contributed by atoms with E-state index >= 15 is 0 Å². The van der Waals surface area contributed by atoms with Crippen LogP contribution >= 0.6 is 22.6 Å². The second-order valence-electron chi connectivity index (χ2n) is 5.79. The monoisotopic (exact) mass is 394 g/mol. The Morgan fingerprint density at radius 3 is 2.90 bits per heavy atom. The van der Waals surface area contributed by atoms with Crippen LogP contribution in [0.2, 0.25) is 0 Å². The van der Waals surface area contributed by atoms with Crippen molar-refractivity contribution in [3.63, 3.8) is 0 Å². The summed E-state index contributed by atoms with van der Waals surface area (Å²) in [7, 11) is 0. The van der Waals surface area contributed by atoms with Crippen LogP contribution in [0.4, 0.5) is 0 Å². The first-order valence-corrected chi connectivity index (χ1v) is 8.20. The summed E-state index contributed by atoms with van der Waals surface area (Å²) in [6.07, 6.45) is 7.98. The fourth-order valence-corrected chi connectivity index (χ4v) is 3.56. The van der Waals surface area contributed by atoms with Gasteiger partial charge in [0.1, 0.15) is 17.7 Å². The summed E-state index contributed by atoms with van der Waals surface area (Å²) in [5.74, 6) is 1.60. The van der Waals surface area contributed by atoms with Crippen molar-refractivity contribution in [1.29, 1.82) is 0 Å². The Bertz CT molecular complexity index is 816. The fraction of sp³-hybridized carbons (Fsp3) is 0.400. The molecule has 1 aliphatic carbocycles. The number of nitrogens with zero attached hydrogens (tertiary/aromatic N) is 4. The molecule has 1 aliphatic rings. The van der Waals surface area contributed by atoms with Crippen molar-refractivity contribution in [2.45, 2.75) is 38.6 Å². The van der Waals surface area contributed by atoms with Gasteiger partial charge in [-0.2, -0.15) is 0 Å². The normalized spacial score (nSPS) is 15.2. The van der Waals surface area contributed by atoms with Gasteiger partial charge < -0.3 is 9.09 Å². The van der Waals surface area contributed by atoms with E-state index in [1.807, 2.05) is 6.20 Å². The zero-order chi connectivity index (χ0) is 14.6. The molecule has 0 saturated heterocycles. The van der Waals surface area contributed by atoms with E-state index in [2.05, 4.69) is 62.3 Å². The maximum Gasteiger partial charge on any atom is 0.153 e. The molecule has 0 bridgehead atoms. The van der Waals surface area contributed by atoms with Gasteiger partial charge in [-0.3, -0.25) is 0 Å². The lowest BCUT2D eigenvalue weighted by Crippen LogP contribution is -1.99. The maximum atomic E-state index is 5.58. The number of hydrogen-bond donors (Lipinski definition) is 0. The van der Waals surface area contributed by atoms with Crippen molar-refractivity contribution >= 4 is 33.6 Å². The molecule has 0 radical (unpaired) electrons. The van der Waals surface area contributed by atoms with Crippen LogP contribution in [0.25, 0.3) is 22.3 Å². The van der Waals surface area contributed by atoms with Crippen molar-refractivity contribution < 1.29 is 4.52 Å². The van der Waals surface area contributed by atoms with Crippen LogP contribution in [0.3, 0.4) is 0 Å². The Kier molecular flexibility index (Phi) is 3.02. The first kappa shape index (κ1) is 13.2. The van der Waals surface area contributed by atoms with Gasteiger partial charge in [0.15, 0.2) is 5.76 Å². The second kappa shape index (κ2) is 4.79. The van der Waals surface area contributed by atoms with E-state index in [0.717, 1.165) is 31.6 Å². The van der Waals surface area contributed by atoms with Crippen molar-refractivity contribution in [1.82, 2.24) is 19.7 Å². The minimum absolute atomic E-state index is 0.337. The smallest absolute Gasteiger partial charge is 0.153 e. The minimum Gasteiger partial charge on any atom is -0.359 e. The largest absolute Gasteiger partial charge is 0.359 e. The Morgan fingerprint density at radius 1 is 1.38 bits per heavy atom. The standard InChI is InChI=1S/C15H15IN4O/c1-8(2)20-6-11(10-5-17-7-18-15(10)20)13-12(16)14(21-19-13)9-3-4-9/h5-9H,3-4H2,1-2H3. The Morgan fingerprint density at radius 2 is 2.19 bits per heavy atom. The molecule has 108 valence electrons. The van der Waals surface area contributed by atoms with Crippen LogP contribution in [-0.4, -0.2) is 19.7 Å². The highest BCUT2D eigenvalue weighted by Crippen LogP contribution is 2.45. The lowest BCUT2D eigenvalue weighted by atomic mass is 10.1. The number of rotatable bonds is 3. The highest BCUT2D eigenvalue weighted by atomic mass is 127. The molecular weight excluding hydrogens is 379 g/mol. The van der Waals surface area contributed by atoms with Gasteiger partial charge in [0.25, 0.3) is 0 Å². The van der Waals surface area contributed by atoms with E-state index < -0.39 is 0 Å². The highest BCUT2D eigenvalue weighted by Gasteiger charge is 2.32. The van der Waals surface area contributed by atoms with Gasteiger partial charge in [0.05, 0.1) is 3.57 Å². The maximum absolute atomic E-state index is 5.58. The van der Waals surface area contributed by atoms with Gasteiger partial charge in [-0.1, -0.05) is 5.16 Å². The number of fused-ring (bicyclic) bond motifs is 1. The van der Waals surface area contributed by atoms with E-state index in [4.69, 9.17) is 4.52 Å². The molecule has 3 aromatic rings. The molecule has 1 saturated carbocycles. The molecule has 0 unspecified atom stereocenters. The van der Waals surface area contributed by atoms with E-state index in [1.54, 1.807) is 6.33 Å². The Labute approximate surface area is 135 Å². The molecule has 0 N–H and O–H groups in total. The van der Waals surface area contributed by atoms with E-state index in [0.29, 0.717) is 12.0 Å². The summed E-state index contributed by atoms with van der Waals surface area (Å²) in [6, 6.07) is 0.337. The third-order valence-corrected chi connectivity index (χ3v) is 4.96. The van der Waals surface area contributed by atoms with Crippen molar-refractivity contribution in [2.75, 3.05) is 0 Å². The molecule has 0 amide bonds. The Balaban J connectivity index is 1.94. The van der Waals surface area contributed by atoms with Crippen LogP contribution in [0.15, 0.2) is 23.2 Å². The summed E-state index contributed by atoms with van der Waals surface area (Å²) in [6.45, 7) is 4.30. The van der Waals surface area contributed by atoms with Crippen LogP contribution in [0.5, 0.6) is 0 Å². The van der Waals surface area contributed by atoms with Crippen molar-refractivity contribution in [3.05, 3.63) is 28.1 Å². The van der Waals surface area contributed by atoms with Gasteiger partial charge in [-0.05, 0) is 49.3 Å². The molecule has 3 heterocycles. The van der Waals surface area contributed by atoms with Gasteiger partial charge in [-0.25, -0.2) is 9.97 Å². The highest BCUT2D eigenvalue weighted by molar-refractivity contribution is 14.1. The summed E-state index contributed by atoms with van der Waals surface area (Å²) < 4.78 is 8.87. The average Bonchev–Trinajstić information content (AvgIpc) is 3.14. The van der Waals surface area contributed by atoms with Crippen LogP contribution in [0, 0.1) is 3.57 Å². The Hall–Kier alpha value is -1.44.